The van der Waals surface area contributed by atoms with Gasteiger partial charge in [-0.25, -0.2) is 0 Å². The first-order valence-electron chi connectivity index (χ1n) is 6.21. The monoisotopic (exact) mass is 212 g/mol. The van der Waals surface area contributed by atoms with Crippen molar-refractivity contribution in [2.24, 2.45) is 17.8 Å². The molecule has 88 valence electrons. The van der Waals surface area contributed by atoms with E-state index in [4.69, 9.17) is 4.74 Å². The van der Waals surface area contributed by atoms with Gasteiger partial charge in [-0.05, 0) is 51.4 Å². The Morgan fingerprint density at radius 3 is 2.00 bits per heavy atom. The molecule has 0 aromatic carbocycles. The van der Waals surface area contributed by atoms with Crippen LogP contribution < -0.4 is 0 Å². The van der Waals surface area contributed by atoms with Gasteiger partial charge < -0.3 is 4.74 Å². The minimum Gasteiger partial charge on any atom is -0.463 e. The zero-order valence-corrected chi connectivity index (χ0v) is 10.5. The van der Waals surface area contributed by atoms with Gasteiger partial charge >= 0.3 is 5.97 Å². The van der Waals surface area contributed by atoms with Crippen LogP contribution in [-0.4, -0.2) is 12.1 Å². The lowest BCUT2D eigenvalue weighted by Crippen LogP contribution is -2.27. The van der Waals surface area contributed by atoms with Gasteiger partial charge in [-0.1, -0.05) is 13.8 Å². The van der Waals surface area contributed by atoms with Crippen LogP contribution in [0.1, 0.15) is 53.4 Å². The second-order valence-electron chi connectivity index (χ2n) is 5.34. The Bertz CT molecular complexity index is 201. The maximum Gasteiger partial charge on any atom is 0.309 e. The maximum atomic E-state index is 11.7. The summed E-state index contributed by atoms with van der Waals surface area (Å²) in [7, 11) is 0. The number of carbonyl (C=O) groups excluding carboxylic acids is 1. The lowest BCUT2D eigenvalue weighted by molar-refractivity contribution is -0.153. The highest BCUT2D eigenvalue weighted by molar-refractivity contribution is 5.72. The van der Waals surface area contributed by atoms with Crippen molar-refractivity contribution in [3.63, 3.8) is 0 Å². The molecular formula is C13H24O2. The van der Waals surface area contributed by atoms with E-state index in [9.17, 15) is 4.79 Å². The van der Waals surface area contributed by atoms with Crippen molar-refractivity contribution in [3.8, 4) is 0 Å². The Morgan fingerprint density at radius 1 is 1.07 bits per heavy atom. The minimum absolute atomic E-state index is 0.0206. The lowest BCUT2D eigenvalue weighted by atomic mass is 9.77. The molecule has 0 atom stereocenters. The molecule has 0 aromatic rings. The van der Waals surface area contributed by atoms with E-state index in [0.29, 0.717) is 0 Å². The zero-order chi connectivity index (χ0) is 11.4. The first-order chi connectivity index (χ1) is 7.00. The SMILES string of the molecule is CC(C)OC(=O)C1CCC(C(C)C)CC1. The highest BCUT2D eigenvalue weighted by Crippen LogP contribution is 2.33. The topological polar surface area (TPSA) is 26.3 Å². The van der Waals surface area contributed by atoms with Crippen molar-refractivity contribution in [1.29, 1.82) is 0 Å². The van der Waals surface area contributed by atoms with Crippen LogP contribution in [0.2, 0.25) is 0 Å². The molecule has 1 aliphatic carbocycles. The van der Waals surface area contributed by atoms with E-state index >= 15 is 0 Å². The van der Waals surface area contributed by atoms with Crippen LogP contribution >= 0.6 is 0 Å². The van der Waals surface area contributed by atoms with Gasteiger partial charge in [0.2, 0.25) is 0 Å². The van der Waals surface area contributed by atoms with E-state index in [0.717, 1.165) is 24.7 Å². The van der Waals surface area contributed by atoms with Crippen LogP contribution in [0.25, 0.3) is 0 Å². The van der Waals surface area contributed by atoms with E-state index in [-0.39, 0.29) is 18.0 Å². The van der Waals surface area contributed by atoms with Gasteiger partial charge in [0.1, 0.15) is 0 Å². The van der Waals surface area contributed by atoms with E-state index in [1.54, 1.807) is 0 Å². The van der Waals surface area contributed by atoms with Crippen LogP contribution in [0.5, 0.6) is 0 Å². The molecule has 1 fully saturated rings. The number of hydrogen-bond donors (Lipinski definition) is 0. The van der Waals surface area contributed by atoms with Crippen LogP contribution in [0.4, 0.5) is 0 Å². The standard InChI is InChI=1S/C13H24O2/c1-9(2)11-5-7-12(8-6-11)13(14)15-10(3)4/h9-12H,5-8H2,1-4H3. The molecule has 0 N–H and O–H groups in total. The molecule has 0 saturated heterocycles. The summed E-state index contributed by atoms with van der Waals surface area (Å²) in [6.07, 6.45) is 4.45. The van der Waals surface area contributed by atoms with Crippen molar-refractivity contribution in [2.45, 2.75) is 59.5 Å². The van der Waals surface area contributed by atoms with E-state index < -0.39 is 0 Å². The Hall–Kier alpha value is -0.530. The molecule has 0 aromatic heterocycles. The molecule has 0 radical (unpaired) electrons. The number of esters is 1. The van der Waals surface area contributed by atoms with Gasteiger partial charge in [0, 0.05) is 0 Å². The first kappa shape index (κ1) is 12.5. The summed E-state index contributed by atoms with van der Waals surface area (Å²) in [5, 5.41) is 0. The third-order valence-electron chi connectivity index (χ3n) is 3.40. The van der Waals surface area contributed by atoms with Gasteiger partial charge in [-0.2, -0.15) is 0 Å². The normalized spacial score (nSPS) is 27.1. The van der Waals surface area contributed by atoms with Crippen molar-refractivity contribution in [1.82, 2.24) is 0 Å². The molecule has 0 amide bonds. The van der Waals surface area contributed by atoms with Crippen LogP contribution in [0.15, 0.2) is 0 Å². The highest BCUT2D eigenvalue weighted by Gasteiger charge is 2.28. The Kier molecular flexibility index (Phi) is 4.62. The molecule has 15 heavy (non-hydrogen) atoms. The smallest absolute Gasteiger partial charge is 0.309 e. The summed E-state index contributed by atoms with van der Waals surface area (Å²) in [5.41, 5.74) is 0. The second-order valence-corrected chi connectivity index (χ2v) is 5.34. The molecule has 1 aliphatic rings. The van der Waals surface area contributed by atoms with Crippen molar-refractivity contribution >= 4 is 5.97 Å². The second kappa shape index (κ2) is 5.53. The average molecular weight is 212 g/mol. The number of hydrogen-bond acceptors (Lipinski definition) is 2. The summed E-state index contributed by atoms with van der Waals surface area (Å²) in [6.45, 7) is 8.38. The summed E-state index contributed by atoms with van der Waals surface area (Å²) in [5.74, 6) is 1.76. The van der Waals surface area contributed by atoms with Crippen molar-refractivity contribution < 1.29 is 9.53 Å². The molecular weight excluding hydrogens is 188 g/mol. The number of carbonyl (C=O) groups is 1. The molecule has 2 nitrogen and oxygen atoms in total. The van der Waals surface area contributed by atoms with E-state index in [2.05, 4.69) is 13.8 Å². The highest BCUT2D eigenvalue weighted by atomic mass is 16.5. The van der Waals surface area contributed by atoms with Crippen LogP contribution in [0, 0.1) is 17.8 Å². The molecule has 0 bridgehead atoms. The molecule has 0 unspecified atom stereocenters. The molecule has 0 aliphatic heterocycles. The third-order valence-corrected chi connectivity index (χ3v) is 3.40. The van der Waals surface area contributed by atoms with Crippen molar-refractivity contribution in [2.75, 3.05) is 0 Å². The van der Waals surface area contributed by atoms with Crippen LogP contribution in [0.3, 0.4) is 0 Å². The Labute approximate surface area is 93.4 Å². The largest absolute Gasteiger partial charge is 0.463 e. The predicted octanol–water partition coefficient (Wildman–Crippen LogP) is 3.40. The summed E-state index contributed by atoms with van der Waals surface area (Å²) >= 11 is 0. The third kappa shape index (κ3) is 3.84. The molecule has 2 heteroatoms. The molecule has 1 rings (SSSR count). The van der Waals surface area contributed by atoms with E-state index in [1.807, 2.05) is 13.8 Å². The molecule has 0 spiro atoms. The lowest BCUT2D eigenvalue weighted by Gasteiger charge is -2.30. The fourth-order valence-electron chi connectivity index (χ4n) is 2.35. The Balaban J connectivity index is 2.34. The van der Waals surface area contributed by atoms with Crippen LogP contribution in [-0.2, 0) is 9.53 Å². The van der Waals surface area contributed by atoms with Gasteiger partial charge in [0.15, 0.2) is 0 Å². The minimum atomic E-state index is 0.0206. The summed E-state index contributed by atoms with van der Waals surface area (Å²) < 4.78 is 5.25. The fourth-order valence-corrected chi connectivity index (χ4v) is 2.35. The van der Waals surface area contributed by atoms with Gasteiger partial charge in [-0.3, -0.25) is 4.79 Å². The van der Waals surface area contributed by atoms with Crippen molar-refractivity contribution in [3.05, 3.63) is 0 Å². The predicted molar refractivity (Wildman–Crippen MR) is 61.5 cm³/mol. The quantitative estimate of drug-likeness (QED) is 0.670. The zero-order valence-electron chi connectivity index (χ0n) is 10.5. The molecule has 0 heterocycles. The maximum absolute atomic E-state index is 11.7. The Morgan fingerprint density at radius 2 is 1.60 bits per heavy atom. The van der Waals surface area contributed by atoms with Gasteiger partial charge in [0.25, 0.3) is 0 Å². The van der Waals surface area contributed by atoms with Gasteiger partial charge in [-0.15, -0.1) is 0 Å². The fraction of sp³-hybridized carbons (Fsp3) is 0.923. The summed E-state index contributed by atoms with van der Waals surface area (Å²) in [6, 6.07) is 0. The summed E-state index contributed by atoms with van der Waals surface area (Å²) in [4.78, 5) is 11.7. The molecule has 1 saturated carbocycles. The number of ether oxygens (including phenoxy) is 1. The average Bonchev–Trinajstić information content (AvgIpc) is 2.17. The van der Waals surface area contributed by atoms with Gasteiger partial charge in [0.05, 0.1) is 12.0 Å². The number of rotatable bonds is 3. The first-order valence-corrected chi connectivity index (χ1v) is 6.21. The van der Waals surface area contributed by atoms with E-state index in [1.165, 1.54) is 12.8 Å².